The van der Waals surface area contributed by atoms with Crippen LogP contribution < -0.4 is 15.4 Å². The highest BCUT2D eigenvalue weighted by molar-refractivity contribution is 14.0. The highest BCUT2D eigenvalue weighted by atomic mass is 127. The summed E-state index contributed by atoms with van der Waals surface area (Å²) in [5, 5.41) is 7.10. The molecule has 0 spiro atoms. The third-order valence-corrected chi connectivity index (χ3v) is 6.07. The Hall–Kier alpha value is -1.10. The van der Waals surface area contributed by atoms with E-state index in [1.165, 1.54) is 31.5 Å². The molecule has 8 heteroatoms. The maximum Gasteiger partial charge on any atom is 0.191 e. The molecule has 0 bridgehead atoms. The van der Waals surface area contributed by atoms with Gasteiger partial charge in [-0.25, -0.2) is 0 Å². The maximum absolute atomic E-state index is 5.56. The predicted molar refractivity (Wildman–Crippen MR) is 133 cm³/mol. The number of guanidine groups is 1. The maximum atomic E-state index is 5.56. The Kier molecular flexibility index (Phi) is 11.2. The molecular formula is C22H38IN5O2. The third kappa shape index (κ3) is 7.55. The number of morpholine rings is 1. The van der Waals surface area contributed by atoms with E-state index in [9.17, 15) is 0 Å². The van der Waals surface area contributed by atoms with E-state index in [2.05, 4.69) is 44.6 Å². The van der Waals surface area contributed by atoms with Crippen LogP contribution >= 0.6 is 24.0 Å². The second-order valence-electron chi connectivity index (χ2n) is 8.02. The minimum absolute atomic E-state index is 0. The molecule has 0 saturated carbocycles. The van der Waals surface area contributed by atoms with Crippen molar-refractivity contribution in [1.29, 1.82) is 0 Å². The topological polar surface area (TPSA) is 61.4 Å². The van der Waals surface area contributed by atoms with E-state index >= 15 is 0 Å². The summed E-state index contributed by atoms with van der Waals surface area (Å²) < 4.78 is 10.9. The summed E-state index contributed by atoms with van der Waals surface area (Å²) in [6.07, 6.45) is 2.51. The molecule has 2 fully saturated rings. The number of likely N-dealkylation sites (tertiary alicyclic amines) is 1. The van der Waals surface area contributed by atoms with Crippen LogP contribution in [0, 0.1) is 5.92 Å². The summed E-state index contributed by atoms with van der Waals surface area (Å²) in [6.45, 7) is 7.63. The first-order valence-corrected chi connectivity index (χ1v) is 10.8. The summed E-state index contributed by atoms with van der Waals surface area (Å²) in [5.41, 5.74) is 1.28. The van der Waals surface area contributed by atoms with Crippen molar-refractivity contribution < 1.29 is 9.47 Å². The third-order valence-electron chi connectivity index (χ3n) is 6.07. The van der Waals surface area contributed by atoms with Crippen LogP contribution in [0.5, 0.6) is 5.75 Å². The number of rotatable bonds is 7. The largest absolute Gasteiger partial charge is 0.497 e. The van der Waals surface area contributed by atoms with Crippen molar-refractivity contribution in [1.82, 2.24) is 20.4 Å². The van der Waals surface area contributed by atoms with Gasteiger partial charge in [-0.15, -0.1) is 24.0 Å². The Morgan fingerprint density at radius 2 is 1.80 bits per heavy atom. The molecule has 170 valence electrons. The molecule has 2 aliphatic heterocycles. The summed E-state index contributed by atoms with van der Waals surface area (Å²) in [6, 6.07) is 8.67. The molecule has 2 aliphatic rings. The van der Waals surface area contributed by atoms with Gasteiger partial charge in [0, 0.05) is 33.2 Å². The Morgan fingerprint density at radius 1 is 1.13 bits per heavy atom. The van der Waals surface area contributed by atoms with Gasteiger partial charge in [0.2, 0.25) is 0 Å². The van der Waals surface area contributed by atoms with Crippen LogP contribution in [0.4, 0.5) is 0 Å². The number of benzene rings is 1. The molecular weight excluding hydrogens is 493 g/mol. The molecule has 2 saturated heterocycles. The van der Waals surface area contributed by atoms with Crippen molar-refractivity contribution in [2.24, 2.45) is 10.9 Å². The van der Waals surface area contributed by atoms with Crippen LogP contribution in [0.2, 0.25) is 0 Å². The van der Waals surface area contributed by atoms with E-state index < -0.39 is 0 Å². The van der Waals surface area contributed by atoms with Crippen LogP contribution in [0.3, 0.4) is 0 Å². The number of nitrogens with one attached hydrogen (secondary N) is 2. The molecule has 1 unspecified atom stereocenters. The molecule has 0 radical (unpaired) electrons. The van der Waals surface area contributed by atoms with Gasteiger partial charge in [-0.2, -0.15) is 0 Å². The smallest absolute Gasteiger partial charge is 0.191 e. The van der Waals surface area contributed by atoms with Crippen molar-refractivity contribution in [2.75, 3.05) is 73.7 Å². The Balaban J connectivity index is 0.00000320. The van der Waals surface area contributed by atoms with Crippen molar-refractivity contribution in [3.05, 3.63) is 29.8 Å². The van der Waals surface area contributed by atoms with Gasteiger partial charge in [0.05, 0.1) is 26.4 Å². The van der Waals surface area contributed by atoms with E-state index in [0.717, 1.165) is 57.0 Å². The van der Waals surface area contributed by atoms with Gasteiger partial charge in [0.15, 0.2) is 5.96 Å². The van der Waals surface area contributed by atoms with E-state index in [4.69, 9.17) is 9.47 Å². The number of piperidine rings is 1. The van der Waals surface area contributed by atoms with Gasteiger partial charge in [-0.3, -0.25) is 9.89 Å². The van der Waals surface area contributed by atoms with Crippen LogP contribution in [-0.2, 0) is 4.74 Å². The highest BCUT2D eigenvalue weighted by Crippen LogP contribution is 2.23. The number of halogens is 1. The average molecular weight is 531 g/mol. The molecule has 30 heavy (non-hydrogen) atoms. The quantitative estimate of drug-likeness (QED) is 0.320. The van der Waals surface area contributed by atoms with Crippen molar-refractivity contribution in [3.8, 4) is 5.75 Å². The molecule has 1 atom stereocenters. The van der Waals surface area contributed by atoms with Crippen LogP contribution in [0.25, 0.3) is 0 Å². The zero-order valence-electron chi connectivity index (χ0n) is 18.6. The first-order chi connectivity index (χ1) is 14.2. The molecule has 1 aromatic rings. The lowest BCUT2D eigenvalue weighted by molar-refractivity contribution is 0.0170. The molecule has 2 heterocycles. The van der Waals surface area contributed by atoms with Gasteiger partial charge in [-0.1, -0.05) is 12.1 Å². The summed E-state index contributed by atoms with van der Waals surface area (Å²) in [4.78, 5) is 9.34. The van der Waals surface area contributed by atoms with E-state index in [1.807, 2.05) is 19.2 Å². The van der Waals surface area contributed by atoms with E-state index in [1.54, 1.807) is 7.11 Å². The molecule has 0 aliphatic carbocycles. The van der Waals surface area contributed by atoms with Crippen LogP contribution in [-0.4, -0.2) is 89.4 Å². The lowest BCUT2D eigenvalue weighted by Gasteiger charge is -2.35. The van der Waals surface area contributed by atoms with Gasteiger partial charge in [-0.05, 0) is 56.6 Å². The lowest BCUT2D eigenvalue weighted by atomic mass is 9.97. The number of aliphatic imine (C=N–C) groups is 1. The molecule has 0 aromatic heterocycles. The molecule has 3 rings (SSSR count). The normalized spacial score (nSPS) is 20.3. The van der Waals surface area contributed by atoms with Crippen LogP contribution in [0.15, 0.2) is 29.3 Å². The molecule has 1 aromatic carbocycles. The fourth-order valence-corrected chi connectivity index (χ4v) is 4.09. The molecule has 2 N–H and O–H groups in total. The Bertz CT molecular complexity index is 629. The highest BCUT2D eigenvalue weighted by Gasteiger charge is 2.23. The predicted octanol–water partition coefficient (Wildman–Crippen LogP) is 2.19. The number of methoxy groups -OCH3 is 1. The average Bonchev–Trinajstić information content (AvgIpc) is 2.78. The minimum atomic E-state index is 0. The van der Waals surface area contributed by atoms with Gasteiger partial charge in [0.1, 0.15) is 5.75 Å². The van der Waals surface area contributed by atoms with E-state index in [0.29, 0.717) is 0 Å². The standard InChI is InChI=1S/C22H37N5O2.HI/c1-23-22(24-16-18-8-10-26(2)11-9-18)25-17-21(27-12-14-29-15-13-27)19-4-6-20(28-3)7-5-19;/h4-7,18,21H,8-17H2,1-3H3,(H2,23,24,25);1H. The minimum Gasteiger partial charge on any atom is -0.497 e. The van der Waals surface area contributed by atoms with E-state index in [-0.39, 0.29) is 30.0 Å². The number of ether oxygens (including phenoxy) is 2. The molecule has 0 amide bonds. The second kappa shape index (κ2) is 13.3. The first kappa shape index (κ1) is 25.2. The van der Waals surface area contributed by atoms with Crippen molar-refractivity contribution in [2.45, 2.75) is 18.9 Å². The number of hydrogen-bond acceptors (Lipinski definition) is 5. The summed E-state index contributed by atoms with van der Waals surface area (Å²) >= 11 is 0. The van der Waals surface area contributed by atoms with Gasteiger partial charge < -0.3 is 25.0 Å². The van der Waals surface area contributed by atoms with Crippen molar-refractivity contribution >= 4 is 29.9 Å². The van der Waals surface area contributed by atoms with Crippen LogP contribution in [0.1, 0.15) is 24.4 Å². The molecule has 7 nitrogen and oxygen atoms in total. The van der Waals surface area contributed by atoms with Gasteiger partial charge in [0.25, 0.3) is 0 Å². The van der Waals surface area contributed by atoms with Gasteiger partial charge >= 0.3 is 0 Å². The zero-order chi connectivity index (χ0) is 20.5. The SMILES string of the molecule is CN=C(NCC1CCN(C)CC1)NCC(c1ccc(OC)cc1)N1CCOCC1.I. The Labute approximate surface area is 198 Å². The fraction of sp³-hybridized carbons (Fsp3) is 0.682. The van der Waals surface area contributed by atoms with Crippen molar-refractivity contribution in [3.63, 3.8) is 0 Å². The summed E-state index contributed by atoms with van der Waals surface area (Å²) in [7, 11) is 5.76. The second-order valence-corrected chi connectivity index (χ2v) is 8.02. The first-order valence-electron chi connectivity index (χ1n) is 10.8. The number of hydrogen-bond donors (Lipinski definition) is 2. The lowest BCUT2D eigenvalue weighted by Crippen LogP contribution is -2.47. The fourth-order valence-electron chi connectivity index (χ4n) is 4.09. The number of nitrogens with zero attached hydrogens (tertiary/aromatic N) is 3. The Morgan fingerprint density at radius 3 is 2.40 bits per heavy atom. The zero-order valence-corrected chi connectivity index (χ0v) is 20.9. The monoisotopic (exact) mass is 531 g/mol. The summed E-state index contributed by atoms with van der Waals surface area (Å²) in [5.74, 6) is 2.50.